The van der Waals surface area contributed by atoms with Crippen molar-refractivity contribution in [1.82, 2.24) is 9.80 Å². The molecule has 4 aliphatic rings. The van der Waals surface area contributed by atoms with E-state index in [1.54, 1.807) is 12.1 Å². The number of rotatable bonds is 9. The summed E-state index contributed by atoms with van der Waals surface area (Å²) < 4.78 is 0. The van der Waals surface area contributed by atoms with E-state index in [-0.39, 0.29) is 63.3 Å². The number of nitrogens with zero attached hydrogens (tertiary/aromatic N) is 2. The summed E-state index contributed by atoms with van der Waals surface area (Å²) >= 11 is 0. The minimum atomic E-state index is -1.03. The smallest absolute Gasteiger partial charge is 0.303 e. The minimum absolute atomic E-state index is 0.00656. The molecule has 3 N–H and O–H groups in total. The van der Waals surface area contributed by atoms with E-state index in [9.17, 15) is 33.9 Å². The quantitative estimate of drug-likeness (QED) is 0.294. The third kappa shape index (κ3) is 4.67. The average molecular weight is 589 g/mol. The number of allylic oxidation sites excluding steroid dienone is 2. The van der Waals surface area contributed by atoms with Crippen molar-refractivity contribution in [3.8, 4) is 5.75 Å². The molecular weight excluding hydrogens is 556 g/mol. The third-order valence-electron chi connectivity index (χ3n) is 9.63. The Labute approximate surface area is 246 Å². The number of fused-ring (bicyclic) bond motifs is 5. The first-order valence-corrected chi connectivity index (χ1v) is 14.6. The molecule has 2 aliphatic heterocycles. The van der Waals surface area contributed by atoms with Gasteiger partial charge in [-0.2, -0.15) is 0 Å². The van der Waals surface area contributed by atoms with Gasteiger partial charge in [-0.05, 0) is 48.4 Å². The number of likely N-dealkylation sites (tertiary alicyclic amines) is 2. The molecule has 11 nitrogen and oxygen atoms in total. The number of amides is 4. The van der Waals surface area contributed by atoms with Crippen LogP contribution in [0.2, 0.25) is 0 Å². The monoisotopic (exact) mass is 588 g/mol. The normalized spacial score (nSPS) is 28.1. The zero-order valence-electron chi connectivity index (χ0n) is 23.3. The fourth-order valence-electron chi connectivity index (χ4n) is 7.87. The average Bonchev–Trinajstić information content (AvgIpc) is 3.36. The highest BCUT2D eigenvalue weighted by atomic mass is 16.4. The van der Waals surface area contributed by atoms with Crippen LogP contribution in [0.5, 0.6) is 5.75 Å². The lowest BCUT2D eigenvalue weighted by Crippen LogP contribution is -2.43. The van der Waals surface area contributed by atoms with E-state index in [4.69, 9.17) is 10.2 Å². The van der Waals surface area contributed by atoms with Gasteiger partial charge >= 0.3 is 11.9 Å². The van der Waals surface area contributed by atoms with Gasteiger partial charge in [0.1, 0.15) is 5.75 Å². The number of carboxylic acids is 2. The van der Waals surface area contributed by atoms with Crippen LogP contribution in [-0.4, -0.2) is 73.8 Å². The maximum Gasteiger partial charge on any atom is 0.303 e. The van der Waals surface area contributed by atoms with Crippen LogP contribution < -0.4 is 0 Å². The van der Waals surface area contributed by atoms with Crippen molar-refractivity contribution in [2.24, 2.45) is 29.6 Å². The second kappa shape index (κ2) is 10.9. The van der Waals surface area contributed by atoms with Gasteiger partial charge in [-0.1, -0.05) is 42.0 Å². The van der Waals surface area contributed by atoms with E-state index in [2.05, 4.69) is 0 Å². The molecule has 6 atom stereocenters. The maximum absolute atomic E-state index is 14.0. The molecule has 0 radical (unpaired) electrons. The summed E-state index contributed by atoms with van der Waals surface area (Å²) in [6, 6.07) is 10.7. The van der Waals surface area contributed by atoms with Crippen molar-refractivity contribution in [3.05, 3.63) is 53.6 Å². The van der Waals surface area contributed by atoms with Gasteiger partial charge in [-0.15, -0.1) is 0 Å². The van der Waals surface area contributed by atoms with Gasteiger partial charge in [0.05, 0.1) is 23.7 Å². The first kappa shape index (κ1) is 28.6. The van der Waals surface area contributed by atoms with Gasteiger partial charge in [0.15, 0.2) is 0 Å². The fraction of sp³-hybridized carbons (Fsp3) is 0.438. The predicted molar refractivity (Wildman–Crippen MR) is 150 cm³/mol. The second-order valence-electron chi connectivity index (χ2n) is 11.9. The standard InChI is InChI=1S/C32H32N2O9/c35-22-12-9-16-5-1-2-6-17(16)26(22)27-18-10-11-19-25(31(42)33(29(19)40)13-3-7-23(36)37)20(18)15-21-28(27)32(43)34(30(21)41)14-4-8-24(38)39/h1-2,5-6,9-10,12,19-21,25,27-28,35H,3-4,7-8,11,13-15H2,(H,36,37)(H,38,39). The van der Waals surface area contributed by atoms with Crippen LogP contribution in [0, 0.1) is 29.6 Å². The molecule has 6 rings (SSSR count). The number of phenolic OH excluding ortho intramolecular Hbond substituents is 1. The number of imide groups is 2. The van der Waals surface area contributed by atoms with E-state index in [0.717, 1.165) is 20.8 Å². The molecule has 2 saturated heterocycles. The Morgan fingerprint density at radius 3 is 2.00 bits per heavy atom. The molecule has 43 heavy (non-hydrogen) atoms. The molecule has 11 heteroatoms. The first-order valence-electron chi connectivity index (χ1n) is 14.6. The fourth-order valence-corrected chi connectivity index (χ4v) is 7.87. The van der Waals surface area contributed by atoms with Crippen molar-refractivity contribution >= 4 is 46.3 Å². The largest absolute Gasteiger partial charge is 0.508 e. The number of carbonyl (C=O) groups excluding carboxylic acids is 4. The van der Waals surface area contributed by atoms with Crippen LogP contribution in [0.25, 0.3) is 10.8 Å². The van der Waals surface area contributed by atoms with Crippen LogP contribution in [0.3, 0.4) is 0 Å². The van der Waals surface area contributed by atoms with Crippen LogP contribution in [-0.2, 0) is 28.8 Å². The van der Waals surface area contributed by atoms with Gasteiger partial charge in [0.2, 0.25) is 23.6 Å². The zero-order chi connectivity index (χ0) is 30.6. The Morgan fingerprint density at radius 1 is 0.744 bits per heavy atom. The molecule has 1 saturated carbocycles. The molecule has 2 heterocycles. The maximum atomic E-state index is 14.0. The lowest BCUT2D eigenvalue weighted by atomic mass is 9.56. The molecule has 2 aromatic rings. The summed E-state index contributed by atoms with van der Waals surface area (Å²) in [5, 5.41) is 31.0. The van der Waals surface area contributed by atoms with Crippen molar-refractivity contribution in [2.75, 3.05) is 13.1 Å². The Balaban J connectivity index is 1.43. The number of hydrogen-bond donors (Lipinski definition) is 3. The number of aliphatic carboxylic acids is 2. The number of hydrogen-bond acceptors (Lipinski definition) is 7. The summed E-state index contributed by atoms with van der Waals surface area (Å²) in [6.07, 6.45) is 2.16. The summed E-state index contributed by atoms with van der Waals surface area (Å²) in [5.41, 5.74) is 1.24. The summed E-state index contributed by atoms with van der Waals surface area (Å²) in [5.74, 6) is -8.06. The van der Waals surface area contributed by atoms with Crippen molar-refractivity contribution < 1.29 is 44.1 Å². The van der Waals surface area contributed by atoms with Crippen molar-refractivity contribution in [1.29, 1.82) is 0 Å². The zero-order valence-corrected chi connectivity index (χ0v) is 23.3. The topological polar surface area (TPSA) is 170 Å². The van der Waals surface area contributed by atoms with Gasteiger partial charge in [-0.3, -0.25) is 38.6 Å². The molecule has 4 amide bonds. The van der Waals surface area contributed by atoms with Crippen LogP contribution in [0.4, 0.5) is 0 Å². The highest BCUT2D eigenvalue weighted by Gasteiger charge is 2.62. The van der Waals surface area contributed by atoms with Gasteiger partial charge in [0, 0.05) is 37.4 Å². The van der Waals surface area contributed by atoms with Gasteiger partial charge < -0.3 is 15.3 Å². The number of carboxylic acid groups (broad SMARTS) is 2. The highest BCUT2D eigenvalue weighted by molar-refractivity contribution is 6.08. The predicted octanol–water partition coefficient (Wildman–Crippen LogP) is 2.91. The van der Waals surface area contributed by atoms with Crippen LogP contribution in [0.1, 0.15) is 50.0 Å². The molecule has 2 aromatic carbocycles. The van der Waals surface area contributed by atoms with Crippen molar-refractivity contribution in [2.45, 2.75) is 44.4 Å². The second-order valence-corrected chi connectivity index (χ2v) is 11.9. The molecule has 0 aromatic heterocycles. The summed E-state index contributed by atoms with van der Waals surface area (Å²) in [6.45, 7) is -0.0525. The SMILES string of the molecule is O=C(O)CCCN1C(=O)C2CC=C3C(CC4C(=O)N(CCCC(=O)O)C(=O)C4C3c3c(O)ccc4ccccc34)C2C1=O. The lowest BCUT2D eigenvalue weighted by Gasteiger charge is -2.44. The van der Waals surface area contributed by atoms with Crippen LogP contribution >= 0.6 is 0 Å². The molecule has 0 spiro atoms. The molecular formula is C32H32N2O9. The van der Waals surface area contributed by atoms with Crippen molar-refractivity contribution in [3.63, 3.8) is 0 Å². The molecule has 6 unspecified atom stereocenters. The summed E-state index contributed by atoms with van der Waals surface area (Å²) in [7, 11) is 0. The van der Waals surface area contributed by atoms with E-state index >= 15 is 0 Å². The first-order chi connectivity index (χ1) is 20.6. The number of benzene rings is 2. The Morgan fingerprint density at radius 2 is 1.35 bits per heavy atom. The molecule has 224 valence electrons. The highest BCUT2D eigenvalue weighted by Crippen LogP contribution is 2.59. The Hall–Kier alpha value is -4.54. The number of aromatic hydroxyl groups is 1. The molecule has 3 fully saturated rings. The van der Waals surface area contributed by atoms with E-state index < -0.39 is 65.2 Å². The number of carbonyl (C=O) groups is 6. The Kier molecular flexibility index (Phi) is 7.27. The molecule has 0 bridgehead atoms. The summed E-state index contributed by atoms with van der Waals surface area (Å²) in [4.78, 5) is 79.3. The van der Waals surface area contributed by atoms with E-state index in [1.807, 2.05) is 30.3 Å². The Bertz CT molecular complexity index is 1600. The third-order valence-corrected chi connectivity index (χ3v) is 9.63. The number of phenols is 1. The van der Waals surface area contributed by atoms with Gasteiger partial charge in [0.25, 0.3) is 0 Å². The molecule has 2 aliphatic carbocycles. The van der Waals surface area contributed by atoms with E-state index in [1.165, 1.54) is 0 Å². The minimum Gasteiger partial charge on any atom is -0.508 e. The van der Waals surface area contributed by atoms with Crippen LogP contribution in [0.15, 0.2) is 48.0 Å². The van der Waals surface area contributed by atoms with Gasteiger partial charge in [-0.25, -0.2) is 0 Å². The lowest BCUT2D eigenvalue weighted by molar-refractivity contribution is -0.143. The van der Waals surface area contributed by atoms with E-state index in [0.29, 0.717) is 10.9 Å².